The van der Waals surface area contributed by atoms with Crippen molar-refractivity contribution in [3.63, 3.8) is 0 Å². The van der Waals surface area contributed by atoms with E-state index >= 15 is 0 Å². The summed E-state index contributed by atoms with van der Waals surface area (Å²) in [7, 11) is 0. The number of rotatable bonds is 20. The zero-order chi connectivity index (χ0) is 40.1. The van der Waals surface area contributed by atoms with Crippen LogP contribution < -0.4 is 18.9 Å². The minimum absolute atomic E-state index is 0.0404. The van der Waals surface area contributed by atoms with Gasteiger partial charge in [0.15, 0.2) is 0 Å². The molecule has 0 aliphatic carbocycles. The third-order valence-corrected chi connectivity index (χ3v) is 8.12. The number of aliphatic hydroxyl groups is 1. The fourth-order valence-corrected chi connectivity index (χ4v) is 5.34. The van der Waals surface area contributed by atoms with Crippen LogP contribution in [-0.4, -0.2) is 59.0 Å². The second-order valence-corrected chi connectivity index (χ2v) is 15.0. The summed E-state index contributed by atoms with van der Waals surface area (Å²) < 4.78 is 33.9. The highest BCUT2D eigenvalue weighted by atomic mass is 16.6. The van der Waals surface area contributed by atoms with Crippen molar-refractivity contribution >= 4 is 23.9 Å². The van der Waals surface area contributed by atoms with Gasteiger partial charge in [-0.15, -0.1) is 0 Å². The smallest absolute Gasteiger partial charge is 0.343 e. The number of ether oxygens (including phenoxy) is 6. The molecule has 0 saturated carbocycles. The number of hydrogen-bond donors (Lipinski definition) is 1. The van der Waals surface area contributed by atoms with Gasteiger partial charge in [-0.1, -0.05) is 13.5 Å². The first kappa shape index (κ1) is 43.2. The maximum Gasteiger partial charge on any atom is 0.343 e. The minimum atomic E-state index is -0.935. The Kier molecular flexibility index (Phi) is 15.4. The van der Waals surface area contributed by atoms with E-state index in [4.69, 9.17) is 28.4 Å². The van der Waals surface area contributed by atoms with Gasteiger partial charge in [-0.2, -0.15) is 0 Å². The highest BCUT2D eigenvalue weighted by Crippen LogP contribution is 2.29. The van der Waals surface area contributed by atoms with Crippen LogP contribution in [0.25, 0.3) is 0 Å². The molecule has 0 spiro atoms. The molecular weight excluding hydrogens is 692 g/mol. The molecule has 1 N–H and O–H groups in total. The monoisotopic (exact) mass is 746 g/mol. The number of hydrogen-bond acceptors (Lipinski definition) is 11. The van der Waals surface area contributed by atoms with E-state index in [1.807, 2.05) is 34.6 Å². The largest absolute Gasteiger partial charge is 0.488 e. The fourth-order valence-electron chi connectivity index (χ4n) is 5.34. The molecule has 0 radical (unpaired) electrons. The zero-order valence-electron chi connectivity index (χ0n) is 32.7. The van der Waals surface area contributed by atoms with Crippen molar-refractivity contribution < 1.29 is 52.7 Å². The normalized spacial score (nSPS) is 11.6. The molecule has 3 aromatic carbocycles. The Balaban J connectivity index is 1.72. The van der Waals surface area contributed by atoms with E-state index in [1.165, 1.54) is 30.3 Å². The molecule has 0 aliphatic heterocycles. The Morgan fingerprint density at radius 1 is 0.630 bits per heavy atom. The van der Waals surface area contributed by atoms with Gasteiger partial charge in [0.2, 0.25) is 0 Å². The van der Waals surface area contributed by atoms with Crippen LogP contribution in [0.1, 0.15) is 125 Å². The average Bonchev–Trinajstić information content (AvgIpc) is 3.08. The van der Waals surface area contributed by atoms with Crippen LogP contribution in [0.4, 0.5) is 0 Å². The van der Waals surface area contributed by atoms with E-state index in [9.17, 15) is 24.3 Å². The summed E-state index contributed by atoms with van der Waals surface area (Å²) >= 11 is 0. The molecule has 0 bridgehead atoms. The number of unbranched alkanes of at least 4 members (excludes halogenated alkanes) is 3. The predicted octanol–water partition coefficient (Wildman–Crippen LogP) is 8.85. The molecule has 54 heavy (non-hydrogen) atoms. The summed E-state index contributed by atoms with van der Waals surface area (Å²) in [6.07, 6.45) is 3.83. The topological polar surface area (TPSA) is 144 Å². The molecule has 0 heterocycles. The molecule has 292 valence electrons. The van der Waals surface area contributed by atoms with Gasteiger partial charge in [0.05, 0.1) is 29.9 Å². The number of esters is 4. The quantitative estimate of drug-likeness (QED) is 0.0512. The van der Waals surface area contributed by atoms with Crippen molar-refractivity contribution in [1.29, 1.82) is 0 Å². The lowest BCUT2D eigenvalue weighted by molar-refractivity contribution is -0.139. The second kappa shape index (κ2) is 19.3. The van der Waals surface area contributed by atoms with Crippen LogP contribution in [0.2, 0.25) is 0 Å². The zero-order valence-corrected chi connectivity index (χ0v) is 32.7. The van der Waals surface area contributed by atoms with Gasteiger partial charge >= 0.3 is 23.9 Å². The highest BCUT2D eigenvalue weighted by molar-refractivity contribution is 5.97. The predicted molar refractivity (Wildman–Crippen MR) is 204 cm³/mol. The summed E-state index contributed by atoms with van der Waals surface area (Å²) in [5.74, 6) is -1.55. The first-order valence-electron chi connectivity index (χ1n) is 18.2. The Labute approximate surface area is 318 Å². The SMILES string of the molecule is C=C(C)C(=O)OCCCCCCOC(=O)c1cc(OC(=O)c2ccc(OC(C)(C)CC)cc2)ccc1OC(=O)c1ccc(OC(C)(C)CC(C)(C)O)cc1. The van der Waals surface area contributed by atoms with Gasteiger partial charge in [-0.05, 0) is 147 Å². The molecule has 0 amide bonds. The standard InChI is InChI=1S/C43H54O11/c1-10-42(6,7)53-32-19-15-30(16-20-32)38(45)51-34-23-24-36(35(27-34)40(47)50-26-14-12-11-13-25-49-37(44)29(2)3)52-39(46)31-17-21-33(22-18-31)54-43(8,9)28-41(4,5)48/h15-24,27,48H,2,10-14,25-26,28H2,1,3-9H3. The van der Waals surface area contributed by atoms with Crippen LogP contribution in [0.3, 0.4) is 0 Å². The van der Waals surface area contributed by atoms with E-state index < -0.39 is 35.1 Å². The lowest BCUT2D eigenvalue weighted by atomic mass is 9.92. The van der Waals surface area contributed by atoms with Crippen molar-refractivity contribution in [3.05, 3.63) is 95.6 Å². The fraction of sp³-hybridized carbons (Fsp3) is 0.442. The van der Waals surface area contributed by atoms with E-state index in [-0.39, 0.29) is 47.0 Å². The molecular formula is C43H54O11. The molecule has 3 aromatic rings. The van der Waals surface area contributed by atoms with Gasteiger partial charge < -0.3 is 33.5 Å². The van der Waals surface area contributed by atoms with Gasteiger partial charge in [0.25, 0.3) is 0 Å². The van der Waals surface area contributed by atoms with Gasteiger partial charge in [-0.3, -0.25) is 0 Å². The highest BCUT2D eigenvalue weighted by Gasteiger charge is 2.29. The molecule has 11 nitrogen and oxygen atoms in total. The van der Waals surface area contributed by atoms with Crippen molar-refractivity contribution in [2.24, 2.45) is 0 Å². The van der Waals surface area contributed by atoms with Crippen molar-refractivity contribution in [2.75, 3.05) is 13.2 Å². The molecule has 0 aromatic heterocycles. The molecule has 3 rings (SSSR count). The van der Waals surface area contributed by atoms with Crippen LogP contribution >= 0.6 is 0 Å². The molecule has 0 unspecified atom stereocenters. The van der Waals surface area contributed by atoms with Crippen molar-refractivity contribution in [3.8, 4) is 23.0 Å². The Hall–Kier alpha value is -5.16. The molecule has 0 atom stereocenters. The van der Waals surface area contributed by atoms with Crippen LogP contribution in [-0.2, 0) is 14.3 Å². The Morgan fingerprint density at radius 3 is 1.61 bits per heavy atom. The average molecular weight is 747 g/mol. The second-order valence-electron chi connectivity index (χ2n) is 15.0. The van der Waals surface area contributed by atoms with Crippen molar-refractivity contribution in [2.45, 2.75) is 111 Å². The number of carbonyl (C=O) groups excluding carboxylic acids is 4. The third kappa shape index (κ3) is 14.7. The van der Waals surface area contributed by atoms with Crippen LogP contribution in [0.5, 0.6) is 23.0 Å². The van der Waals surface area contributed by atoms with E-state index in [2.05, 4.69) is 6.58 Å². The summed E-state index contributed by atoms with van der Waals surface area (Å²) in [4.78, 5) is 51.2. The maximum absolute atomic E-state index is 13.4. The maximum atomic E-state index is 13.4. The van der Waals surface area contributed by atoms with Gasteiger partial charge in [0, 0.05) is 12.0 Å². The molecule has 0 fully saturated rings. The van der Waals surface area contributed by atoms with Crippen LogP contribution in [0.15, 0.2) is 78.9 Å². The first-order chi connectivity index (χ1) is 25.3. The van der Waals surface area contributed by atoms with Crippen molar-refractivity contribution in [1.82, 2.24) is 0 Å². The minimum Gasteiger partial charge on any atom is -0.488 e. The summed E-state index contributed by atoms with van der Waals surface area (Å²) in [5.41, 5.74) is -1.29. The Morgan fingerprint density at radius 2 is 1.11 bits per heavy atom. The summed E-state index contributed by atoms with van der Waals surface area (Å²) in [5, 5.41) is 10.2. The van der Waals surface area contributed by atoms with Gasteiger partial charge in [-0.25, -0.2) is 19.2 Å². The third-order valence-electron chi connectivity index (χ3n) is 8.12. The molecule has 0 aliphatic rings. The molecule has 11 heteroatoms. The first-order valence-corrected chi connectivity index (χ1v) is 18.2. The Bertz CT molecular complexity index is 1750. The van der Waals surface area contributed by atoms with Gasteiger partial charge in [0.1, 0.15) is 39.8 Å². The summed E-state index contributed by atoms with van der Waals surface area (Å²) in [6, 6.07) is 16.9. The van der Waals surface area contributed by atoms with E-state index in [0.717, 1.165) is 12.8 Å². The van der Waals surface area contributed by atoms with E-state index in [1.54, 1.807) is 57.2 Å². The number of carbonyl (C=O) groups is 4. The molecule has 0 saturated heterocycles. The summed E-state index contributed by atoms with van der Waals surface area (Å²) in [6.45, 7) is 18.6. The lowest BCUT2D eigenvalue weighted by Crippen LogP contribution is -2.37. The number of benzene rings is 3. The van der Waals surface area contributed by atoms with Crippen LogP contribution in [0, 0.1) is 0 Å². The lowest BCUT2D eigenvalue weighted by Gasteiger charge is -2.32. The van der Waals surface area contributed by atoms with E-state index in [0.29, 0.717) is 42.8 Å².